The highest BCUT2D eigenvalue weighted by Crippen LogP contribution is 2.26. The molecule has 2 amide bonds. The van der Waals surface area contributed by atoms with Gasteiger partial charge >= 0.3 is 0 Å². The lowest BCUT2D eigenvalue weighted by atomic mass is 10.2. The summed E-state index contributed by atoms with van der Waals surface area (Å²) < 4.78 is 24.8. The fraction of sp³-hybridized carbons (Fsp3) is 0.208. The Morgan fingerprint density at radius 3 is 2.20 bits per heavy atom. The molecule has 1 fully saturated rings. The summed E-state index contributed by atoms with van der Waals surface area (Å²) in [6.45, 7) is 1.83. The van der Waals surface area contributed by atoms with Crippen molar-refractivity contribution in [3.05, 3.63) is 83.0 Å². The number of benzene rings is 2. The van der Waals surface area contributed by atoms with Crippen LogP contribution in [0, 0.1) is 0 Å². The molecule has 9 nitrogen and oxygen atoms in total. The summed E-state index contributed by atoms with van der Waals surface area (Å²) in [5, 5.41) is 5.88. The lowest BCUT2D eigenvalue weighted by Crippen LogP contribution is -2.48. The molecule has 1 aromatic heterocycles. The molecular formula is C24H24ClN5O4S. The molecule has 11 heteroatoms. The standard InChI is InChI=1S/C24H24ClN5O4S/c1-35(33,34)30-13-11-29(12-14-30)22-10-7-18(16-26-22)24(32)27-19-8-9-20(25)21(15-19)28-23(31)17-5-3-2-4-6-17/h2-10,15-16H,11-14H2,1H3,(H,27,32)(H,28,31). The molecule has 1 aliphatic rings. The summed E-state index contributed by atoms with van der Waals surface area (Å²) in [6.07, 6.45) is 2.68. The molecule has 0 atom stereocenters. The Morgan fingerprint density at radius 2 is 1.57 bits per heavy atom. The van der Waals surface area contributed by atoms with Gasteiger partial charge < -0.3 is 15.5 Å². The third kappa shape index (κ3) is 6.16. The Morgan fingerprint density at radius 1 is 0.886 bits per heavy atom. The number of carbonyl (C=O) groups is 2. The topological polar surface area (TPSA) is 112 Å². The quantitative estimate of drug-likeness (QED) is 0.523. The number of pyridine rings is 1. The minimum absolute atomic E-state index is 0.312. The lowest BCUT2D eigenvalue weighted by molar-refractivity contribution is 0.101. The first-order chi connectivity index (χ1) is 16.7. The molecule has 0 aliphatic carbocycles. The Labute approximate surface area is 208 Å². The second kappa shape index (κ2) is 10.4. The van der Waals surface area contributed by atoms with Crippen molar-refractivity contribution in [3.8, 4) is 0 Å². The number of hydrogen-bond acceptors (Lipinski definition) is 6. The minimum Gasteiger partial charge on any atom is -0.354 e. The third-order valence-electron chi connectivity index (χ3n) is 5.55. The Kier molecular flexibility index (Phi) is 7.34. The van der Waals surface area contributed by atoms with Crippen molar-refractivity contribution in [2.45, 2.75) is 0 Å². The highest BCUT2D eigenvalue weighted by Gasteiger charge is 2.24. The predicted octanol–water partition coefficient (Wildman–Crippen LogP) is 3.32. The fourth-order valence-electron chi connectivity index (χ4n) is 3.64. The van der Waals surface area contributed by atoms with Crippen LogP contribution in [0.25, 0.3) is 0 Å². The first-order valence-electron chi connectivity index (χ1n) is 10.8. The molecule has 0 bridgehead atoms. The number of nitrogens with one attached hydrogen (secondary N) is 2. The normalized spacial score (nSPS) is 14.4. The Hall–Kier alpha value is -3.47. The number of rotatable bonds is 6. The number of anilines is 3. The molecule has 2 aromatic carbocycles. The van der Waals surface area contributed by atoms with E-state index in [-0.39, 0.29) is 11.8 Å². The largest absolute Gasteiger partial charge is 0.354 e. The molecular weight excluding hydrogens is 490 g/mol. The number of carbonyl (C=O) groups excluding carboxylic acids is 2. The number of piperazine rings is 1. The maximum Gasteiger partial charge on any atom is 0.257 e. The van der Waals surface area contributed by atoms with E-state index < -0.39 is 10.0 Å². The molecule has 1 saturated heterocycles. The lowest BCUT2D eigenvalue weighted by Gasteiger charge is -2.33. The van der Waals surface area contributed by atoms with E-state index in [2.05, 4.69) is 15.6 Å². The number of aromatic nitrogens is 1. The van der Waals surface area contributed by atoms with Crippen molar-refractivity contribution in [2.24, 2.45) is 0 Å². The second-order valence-corrected chi connectivity index (χ2v) is 10.4. The monoisotopic (exact) mass is 513 g/mol. The van der Waals surface area contributed by atoms with Gasteiger partial charge in [-0.2, -0.15) is 4.31 Å². The van der Waals surface area contributed by atoms with Crippen LogP contribution in [0.3, 0.4) is 0 Å². The second-order valence-electron chi connectivity index (χ2n) is 8.02. The van der Waals surface area contributed by atoms with E-state index >= 15 is 0 Å². The SMILES string of the molecule is CS(=O)(=O)N1CCN(c2ccc(C(=O)Nc3ccc(Cl)c(NC(=O)c4ccccc4)c3)cn2)CC1. The number of halogens is 1. The summed E-state index contributed by atoms with van der Waals surface area (Å²) in [4.78, 5) is 31.5. The van der Waals surface area contributed by atoms with Crippen molar-refractivity contribution >= 4 is 50.6 Å². The fourth-order valence-corrected chi connectivity index (χ4v) is 4.63. The molecule has 4 rings (SSSR count). The van der Waals surface area contributed by atoms with E-state index in [0.29, 0.717) is 59.5 Å². The van der Waals surface area contributed by atoms with Gasteiger partial charge in [-0.25, -0.2) is 13.4 Å². The third-order valence-corrected chi connectivity index (χ3v) is 7.18. The van der Waals surface area contributed by atoms with Crippen LogP contribution < -0.4 is 15.5 Å². The van der Waals surface area contributed by atoms with E-state index in [9.17, 15) is 18.0 Å². The van der Waals surface area contributed by atoms with Gasteiger partial charge in [-0.3, -0.25) is 9.59 Å². The van der Waals surface area contributed by atoms with Gasteiger partial charge in [0.2, 0.25) is 10.0 Å². The van der Waals surface area contributed by atoms with Gasteiger partial charge in [-0.15, -0.1) is 0 Å². The highest BCUT2D eigenvalue weighted by molar-refractivity contribution is 7.88. The van der Waals surface area contributed by atoms with Crippen molar-refractivity contribution in [1.82, 2.24) is 9.29 Å². The van der Waals surface area contributed by atoms with E-state index in [1.807, 2.05) is 11.0 Å². The number of nitrogens with zero attached hydrogens (tertiary/aromatic N) is 3. The average molecular weight is 514 g/mol. The molecule has 0 unspecified atom stereocenters. The predicted molar refractivity (Wildman–Crippen MR) is 137 cm³/mol. The Balaban J connectivity index is 1.39. The van der Waals surface area contributed by atoms with Gasteiger partial charge in [0.1, 0.15) is 5.82 Å². The maximum atomic E-state index is 12.7. The molecule has 35 heavy (non-hydrogen) atoms. The van der Waals surface area contributed by atoms with Crippen LogP contribution >= 0.6 is 11.6 Å². The smallest absolute Gasteiger partial charge is 0.257 e. The summed E-state index contributed by atoms with van der Waals surface area (Å²) in [7, 11) is -3.20. The van der Waals surface area contributed by atoms with Crippen molar-refractivity contribution in [1.29, 1.82) is 0 Å². The zero-order valence-electron chi connectivity index (χ0n) is 18.9. The van der Waals surface area contributed by atoms with Gasteiger partial charge in [0.25, 0.3) is 11.8 Å². The molecule has 2 N–H and O–H groups in total. The van der Waals surface area contributed by atoms with Gasteiger partial charge in [0, 0.05) is 43.6 Å². The summed E-state index contributed by atoms with van der Waals surface area (Å²) >= 11 is 6.23. The van der Waals surface area contributed by atoms with E-state index in [4.69, 9.17) is 11.6 Å². The van der Waals surface area contributed by atoms with E-state index in [1.54, 1.807) is 54.6 Å². The summed E-state index contributed by atoms with van der Waals surface area (Å²) in [5.41, 5.74) is 1.68. The van der Waals surface area contributed by atoms with Gasteiger partial charge in [-0.1, -0.05) is 29.8 Å². The van der Waals surface area contributed by atoms with Crippen LogP contribution in [-0.2, 0) is 10.0 Å². The molecule has 2 heterocycles. The van der Waals surface area contributed by atoms with Crippen molar-refractivity contribution < 1.29 is 18.0 Å². The van der Waals surface area contributed by atoms with Crippen LogP contribution in [0.5, 0.6) is 0 Å². The summed E-state index contributed by atoms with van der Waals surface area (Å²) in [6, 6.07) is 17.0. The highest BCUT2D eigenvalue weighted by atomic mass is 35.5. The number of hydrogen-bond donors (Lipinski definition) is 2. The molecule has 182 valence electrons. The number of sulfonamides is 1. The van der Waals surface area contributed by atoms with Gasteiger partial charge in [0.15, 0.2) is 0 Å². The first kappa shape index (κ1) is 24.6. The van der Waals surface area contributed by atoms with E-state index in [0.717, 1.165) is 0 Å². The van der Waals surface area contributed by atoms with Gasteiger partial charge in [-0.05, 0) is 42.5 Å². The van der Waals surface area contributed by atoms with E-state index in [1.165, 1.54) is 16.8 Å². The first-order valence-corrected chi connectivity index (χ1v) is 13.1. The molecule has 3 aromatic rings. The van der Waals surface area contributed by atoms with Crippen molar-refractivity contribution in [2.75, 3.05) is 48.0 Å². The molecule has 1 aliphatic heterocycles. The van der Waals surface area contributed by atoms with Crippen LogP contribution in [-0.4, -0.2) is 62.0 Å². The minimum atomic E-state index is -3.20. The van der Waals surface area contributed by atoms with Crippen LogP contribution in [0.1, 0.15) is 20.7 Å². The van der Waals surface area contributed by atoms with Crippen LogP contribution in [0.2, 0.25) is 5.02 Å². The average Bonchev–Trinajstić information content (AvgIpc) is 2.86. The van der Waals surface area contributed by atoms with Crippen LogP contribution in [0.15, 0.2) is 66.9 Å². The Bertz CT molecular complexity index is 1330. The zero-order chi connectivity index (χ0) is 25.0. The summed E-state index contributed by atoms with van der Waals surface area (Å²) in [5.74, 6) is -0.00570. The molecule has 0 radical (unpaired) electrons. The zero-order valence-corrected chi connectivity index (χ0v) is 20.5. The molecule has 0 saturated carbocycles. The number of amides is 2. The maximum absolute atomic E-state index is 12.7. The van der Waals surface area contributed by atoms with Gasteiger partial charge in [0.05, 0.1) is 22.5 Å². The van der Waals surface area contributed by atoms with Crippen LogP contribution in [0.4, 0.5) is 17.2 Å². The van der Waals surface area contributed by atoms with Crippen molar-refractivity contribution in [3.63, 3.8) is 0 Å². The molecule has 0 spiro atoms.